The summed E-state index contributed by atoms with van der Waals surface area (Å²) in [6.07, 6.45) is 3.34. The average Bonchev–Trinajstić information content (AvgIpc) is 2.78. The van der Waals surface area contributed by atoms with Gasteiger partial charge in [-0.15, -0.1) is 0 Å². The van der Waals surface area contributed by atoms with E-state index in [0.717, 1.165) is 5.56 Å². The number of amides is 1. The van der Waals surface area contributed by atoms with Crippen LogP contribution in [0.15, 0.2) is 60.7 Å². The topological polar surface area (TPSA) is 63.7 Å². The largest absolute Gasteiger partial charge is 0.454 e. The van der Waals surface area contributed by atoms with Crippen LogP contribution >= 0.6 is 0 Å². The van der Waals surface area contributed by atoms with Gasteiger partial charge in [-0.05, 0) is 55.7 Å². The molecule has 0 radical (unpaired) electrons. The minimum absolute atomic E-state index is 0.0921. The van der Waals surface area contributed by atoms with E-state index in [9.17, 15) is 18.8 Å². The summed E-state index contributed by atoms with van der Waals surface area (Å²) in [6, 6.07) is 14.7. The van der Waals surface area contributed by atoms with Gasteiger partial charge in [-0.2, -0.15) is 0 Å². The van der Waals surface area contributed by atoms with Gasteiger partial charge in [-0.25, -0.2) is 4.39 Å². The molecule has 1 fully saturated rings. The van der Waals surface area contributed by atoms with Crippen molar-refractivity contribution in [1.29, 1.82) is 0 Å². The Labute approximate surface area is 175 Å². The van der Waals surface area contributed by atoms with Crippen molar-refractivity contribution in [3.63, 3.8) is 0 Å². The fraction of sp³-hybridized carbons (Fsp3) is 0.292. The van der Waals surface area contributed by atoms with Gasteiger partial charge in [0.05, 0.1) is 5.92 Å². The van der Waals surface area contributed by atoms with E-state index in [1.165, 1.54) is 37.3 Å². The van der Waals surface area contributed by atoms with Crippen LogP contribution in [-0.4, -0.2) is 41.8 Å². The molecule has 3 rings (SSSR count). The lowest BCUT2D eigenvalue weighted by molar-refractivity contribution is -0.153. The third-order valence-corrected chi connectivity index (χ3v) is 5.15. The van der Waals surface area contributed by atoms with E-state index in [2.05, 4.69) is 0 Å². The van der Waals surface area contributed by atoms with E-state index in [4.69, 9.17) is 4.74 Å². The molecule has 5 nitrogen and oxygen atoms in total. The van der Waals surface area contributed by atoms with Crippen LogP contribution in [0.2, 0.25) is 0 Å². The zero-order valence-corrected chi connectivity index (χ0v) is 16.8. The van der Waals surface area contributed by atoms with Gasteiger partial charge < -0.3 is 9.64 Å². The number of hydrogen-bond donors (Lipinski definition) is 0. The molecule has 2 aromatic rings. The Morgan fingerprint density at radius 3 is 2.30 bits per heavy atom. The van der Waals surface area contributed by atoms with Crippen molar-refractivity contribution >= 4 is 23.7 Å². The van der Waals surface area contributed by atoms with Crippen molar-refractivity contribution in [1.82, 2.24) is 4.90 Å². The number of ketones is 1. The minimum Gasteiger partial charge on any atom is -0.454 e. The van der Waals surface area contributed by atoms with Crippen molar-refractivity contribution in [2.24, 2.45) is 5.92 Å². The summed E-state index contributed by atoms with van der Waals surface area (Å²) in [5, 5.41) is 0. The Balaban J connectivity index is 1.47. The van der Waals surface area contributed by atoms with Gasteiger partial charge in [-0.3, -0.25) is 14.4 Å². The highest BCUT2D eigenvalue weighted by atomic mass is 19.1. The third-order valence-electron chi connectivity index (χ3n) is 5.15. The van der Waals surface area contributed by atoms with Crippen LogP contribution in [0.4, 0.5) is 4.39 Å². The number of nitrogens with zero attached hydrogens (tertiary/aromatic N) is 1. The lowest BCUT2D eigenvalue weighted by Crippen LogP contribution is -2.40. The molecule has 1 aliphatic heterocycles. The summed E-state index contributed by atoms with van der Waals surface area (Å²) in [6.45, 7) is 2.42. The van der Waals surface area contributed by atoms with E-state index >= 15 is 0 Å². The second-order valence-corrected chi connectivity index (χ2v) is 7.29. The van der Waals surface area contributed by atoms with Crippen LogP contribution in [0.3, 0.4) is 0 Å². The van der Waals surface area contributed by atoms with Crippen LogP contribution in [-0.2, 0) is 14.3 Å². The van der Waals surface area contributed by atoms with E-state index in [-0.39, 0.29) is 17.6 Å². The Morgan fingerprint density at radius 2 is 1.67 bits per heavy atom. The van der Waals surface area contributed by atoms with Gasteiger partial charge in [0.25, 0.3) is 0 Å². The van der Waals surface area contributed by atoms with Gasteiger partial charge in [0.2, 0.25) is 11.7 Å². The van der Waals surface area contributed by atoms with E-state index in [1.54, 1.807) is 11.0 Å². The predicted octanol–water partition coefficient (Wildman–Crippen LogP) is 3.89. The Bertz CT molecular complexity index is 916. The molecule has 0 bridgehead atoms. The first-order chi connectivity index (χ1) is 14.4. The highest BCUT2D eigenvalue weighted by Gasteiger charge is 2.30. The molecule has 1 atom stereocenters. The lowest BCUT2D eigenvalue weighted by atomic mass is 9.96. The number of halogens is 1. The molecule has 0 spiro atoms. The van der Waals surface area contributed by atoms with Crippen LogP contribution in [0.25, 0.3) is 6.08 Å². The van der Waals surface area contributed by atoms with Gasteiger partial charge in [0.1, 0.15) is 5.82 Å². The predicted molar refractivity (Wildman–Crippen MR) is 111 cm³/mol. The van der Waals surface area contributed by atoms with Crippen molar-refractivity contribution in [3.05, 3.63) is 77.6 Å². The second-order valence-electron chi connectivity index (χ2n) is 7.29. The highest BCUT2D eigenvalue weighted by molar-refractivity contribution is 6.00. The monoisotopic (exact) mass is 409 g/mol. The van der Waals surface area contributed by atoms with Crippen LogP contribution in [0.1, 0.15) is 35.7 Å². The van der Waals surface area contributed by atoms with E-state index in [0.29, 0.717) is 31.5 Å². The first-order valence-corrected chi connectivity index (χ1v) is 9.96. The number of rotatable bonds is 6. The Morgan fingerprint density at radius 1 is 1.03 bits per heavy atom. The fourth-order valence-electron chi connectivity index (χ4n) is 3.35. The van der Waals surface area contributed by atoms with Gasteiger partial charge >= 0.3 is 5.97 Å². The molecule has 0 aromatic heterocycles. The first-order valence-electron chi connectivity index (χ1n) is 9.96. The molecule has 0 N–H and O–H groups in total. The molecule has 0 saturated carbocycles. The van der Waals surface area contributed by atoms with Crippen molar-refractivity contribution in [2.75, 3.05) is 13.1 Å². The highest BCUT2D eigenvalue weighted by Crippen LogP contribution is 2.20. The van der Waals surface area contributed by atoms with Crippen molar-refractivity contribution in [3.8, 4) is 0 Å². The molecule has 2 aromatic carbocycles. The number of ether oxygens (including phenoxy) is 1. The summed E-state index contributed by atoms with van der Waals surface area (Å²) >= 11 is 0. The first kappa shape index (κ1) is 21.4. The van der Waals surface area contributed by atoms with Gasteiger partial charge in [-0.1, -0.05) is 30.3 Å². The molecule has 0 unspecified atom stereocenters. The van der Waals surface area contributed by atoms with Gasteiger partial charge in [0, 0.05) is 24.7 Å². The molecule has 6 heteroatoms. The minimum atomic E-state index is -0.948. The quantitative estimate of drug-likeness (QED) is 0.413. The zero-order chi connectivity index (χ0) is 21.5. The Kier molecular flexibility index (Phi) is 7.12. The second kappa shape index (κ2) is 9.96. The van der Waals surface area contributed by atoms with E-state index in [1.807, 2.05) is 30.3 Å². The van der Waals surface area contributed by atoms with Crippen molar-refractivity contribution in [2.45, 2.75) is 25.9 Å². The third kappa shape index (κ3) is 5.63. The lowest BCUT2D eigenvalue weighted by Gasteiger charge is -2.30. The maximum Gasteiger partial charge on any atom is 0.309 e. The number of likely N-dealkylation sites (tertiary alicyclic amines) is 1. The molecule has 1 aliphatic rings. The fourth-order valence-corrected chi connectivity index (χ4v) is 3.35. The summed E-state index contributed by atoms with van der Waals surface area (Å²) in [5.74, 6) is -1.69. The molecule has 1 amide bonds. The Hall–Kier alpha value is -3.28. The number of benzene rings is 2. The SMILES string of the molecule is C[C@H](OC(=O)C1CCN(C(=O)/C=C/c2ccccc2)CC1)C(=O)c1ccc(F)cc1. The molecular weight excluding hydrogens is 385 g/mol. The maximum absolute atomic E-state index is 13.0. The normalized spacial score (nSPS) is 15.7. The number of carbonyl (C=O) groups excluding carboxylic acids is 3. The summed E-state index contributed by atoms with van der Waals surface area (Å²) < 4.78 is 18.3. The standard InChI is InChI=1S/C24H24FNO4/c1-17(23(28)19-8-10-21(25)11-9-19)30-24(29)20-13-15-26(16-14-20)22(27)12-7-18-5-3-2-4-6-18/h2-12,17,20H,13-16H2,1H3/b12-7+/t17-/m0/s1. The van der Waals surface area contributed by atoms with Gasteiger partial charge in [0.15, 0.2) is 6.10 Å². The number of hydrogen-bond acceptors (Lipinski definition) is 4. The molecule has 0 aliphatic carbocycles. The van der Waals surface area contributed by atoms with Crippen LogP contribution in [0, 0.1) is 11.7 Å². The smallest absolute Gasteiger partial charge is 0.309 e. The molecule has 1 heterocycles. The van der Waals surface area contributed by atoms with Crippen LogP contribution in [0.5, 0.6) is 0 Å². The summed E-state index contributed by atoms with van der Waals surface area (Å²) in [4.78, 5) is 38.8. The molecule has 156 valence electrons. The number of Topliss-reactive ketones (excluding diaryl/α,β-unsaturated/α-hetero) is 1. The maximum atomic E-state index is 13.0. The summed E-state index contributed by atoms with van der Waals surface area (Å²) in [7, 11) is 0. The average molecular weight is 409 g/mol. The van der Waals surface area contributed by atoms with Crippen molar-refractivity contribution < 1.29 is 23.5 Å². The molecular formula is C24H24FNO4. The molecule has 1 saturated heterocycles. The number of carbonyl (C=O) groups is 3. The number of esters is 1. The zero-order valence-electron chi connectivity index (χ0n) is 16.8. The van der Waals surface area contributed by atoms with Crippen LogP contribution < -0.4 is 0 Å². The van der Waals surface area contributed by atoms with E-state index < -0.39 is 17.9 Å². The summed E-state index contributed by atoms with van der Waals surface area (Å²) in [5.41, 5.74) is 1.24. The number of piperidine rings is 1. The molecule has 30 heavy (non-hydrogen) atoms.